The molecule has 0 radical (unpaired) electrons. The van der Waals surface area contributed by atoms with E-state index in [1.165, 1.54) is 17.7 Å². The van der Waals surface area contributed by atoms with Gasteiger partial charge < -0.3 is 15.4 Å². The fourth-order valence-electron chi connectivity index (χ4n) is 2.55. The number of hydrogen-bond donors (Lipinski definition) is 1. The van der Waals surface area contributed by atoms with Gasteiger partial charge in [0.2, 0.25) is 0 Å². The Balaban J connectivity index is 1.98. The Bertz CT molecular complexity index is 398. The van der Waals surface area contributed by atoms with E-state index in [-0.39, 0.29) is 0 Å². The van der Waals surface area contributed by atoms with E-state index in [9.17, 15) is 0 Å². The summed E-state index contributed by atoms with van der Waals surface area (Å²) in [7, 11) is 0. The Hall–Kier alpha value is -1.22. The van der Waals surface area contributed by atoms with Gasteiger partial charge in [0.1, 0.15) is 5.75 Å². The zero-order valence-electron chi connectivity index (χ0n) is 12.2. The summed E-state index contributed by atoms with van der Waals surface area (Å²) in [5, 5.41) is 0. The van der Waals surface area contributed by atoms with Gasteiger partial charge in [0, 0.05) is 24.8 Å². The van der Waals surface area contributed by atoms with Crippen molar-refractivity contribution >= 4 is 5.69 Å². The monoisotopic (exact) mass is 262 g/mol. The highest BCUT2D eigenvalue weighted by Gasteiger charge is 2.17. The van der Waals surface area contributed by atoms with Gasteiger partial charge in [-0.1, -0.05) is 13.3 Å². The molecule has 2 N–H and O–H groups in total. The lowest BCUT2D eigenvalue weighted by Gasteiger charge is -2.33. The number of hydrogen-bond acceptors (Lipinski definition) is 3. The molecule has 1 saturated heterocycles. The van der Waals surface area contributed by atoms with Crippen molar-refractivity contribution in [2.75, 3.05) is 24.6 Å². The molecule has 1 aliphatic rings. The van der Waals surface area contributed by atoms with Crippen LogP contribution in [-0.4, -0.2) is 25.7 Å². The minimum Gasteiger partial charge on any atom is -0.494 e. The second-order valence-corrected chi connectivity index (χ2v) is 5.47. The van der Waals surface area contributed by atoms with Gasteiger partial charge in [-0.05, 0) is 49.9 Å². The number of nitrogens with two attached hydrogens (primary N) is 1. The number of rotatable bonds is 5. The molecule has 1 aromatic rings. The van der Waals surface area contributed by atoms with E-state index in [0.717, 1.165) is 44.7 Å². The fourth-order valence-corrected chi connectivity index (χ4v) is 2.55. The van der Waals surface area contributed by atoms with Crippen molar-refractivity contribution in [2.45, 2.75) is 45.6 Å². The van der Waals surface area contributed by atoms with E-state index >= 15 is 0 Å². The number of anilines is 1. The molecular formula is C16H26N2O. The second kappa shape index (κ2) is 6.80. The maximum absolute atomic E-state index is 5.96. The summed E-state index contributed by atoms with van der Waals surface area (Å²) >= 11 is 0. The first-order chi connectivity index (χ1) is 9.20. The highest BCUT2D eigenvalue weighted by molar-refractivity contribution is 5.56. The normalized spacial score (nSPS) is 16.7. The summed E-state index contributed by atoms with van der Waals surface area (Å²) in [4.78, 5) is 2.44. The van der Waals surface area contributed by atoms with Crippen LogP contribution in [0.3, 0.4) is 0 Å². The predicted octanol–water partition coefficient (Wildman–Crippen LogP) is 3.10. The average Bonchev–Trinajstić information content (AvgIpc) is 2.41. The summed E-state index contributed by atoms with van der Waals surface area (Å²) < 4.78 is 5.75. The van der Waals surface area contributed by atoms with Crippen LogP contribution in [0.5, 0.6) is 5.75 Å². The van der Waals surface area contributed by atoms with Crippen LogP contribution in [0.1, 0.15) is 38.2 Å². The molecule has 3 heteroatoms. The molecule has 1 heterocycles. The first-order valence-electron chi connectivity index (χ1n) is 7.44. The van der Waals surface area contributed by atoms with Crippen LogP contribution < -0.4 is 15.4 Å². The fraction of sp³-hybridized carbons (Fsp3) is 0.625. The minimum absolute atomic E-state index is 0.383. The number of piperidine rings is 1. The van der Waals surface area contributed by atoms with Crippen molar-refractivity contribution in [3.63, 3.8) is 0 Å². The molecule has 0 saturated carbocycles. The standard InChI is InChI=1S/C16H26N2O/c1-3-4-11-19-15-5-6-16(13(2)12-15)18-9-7-14(17)8-10-18/h5-6,12,14H,3-4,7-11,17H2,1-2H3. The van der Waals surface area contributed by atoms with Gasteiger partial charge in [-0.2, -0.15) is 0 Å². The quantitative estimate of drug-likeness (QED) is 0.829. The maximum atomic E-state index is 5.96. The van der Waals surface area contributed by atoms with E-state index in [4.69, 9.17) is 10.5 Å². The number of aryl methyl sites for hydroxylation is 1. The lowest BCUT2D eigenvalue weighted by Crippen LogP contribution is -2.39. The molecule has 1 fully saturated rings. The van der Waals surface area contributed by atoms with Crippen LogP contribution in [0.2, 0.25) is 0 Å². The van der Waals surface area contributed by atoms with Crippen molar-refractivity contribution in [3.8, 4) is 5.75 Å². The highest BCUT2D eigenvalue weighted by atomic mass is 16.5. The molecule has 3 nitrogen and oxygen atoms in total. The van der Waals surface area contributed by atoms with Gasteiger partial charge in [0.15, 0.2) is 0 Å². The van der Waals surface area contributed by atoms with Gasteiger partial charge in [0.05, 0.1) is 6.61 Å². The first-order valence-corrected chi connectivity index (χ1v) is 7.44. The molecule has 2 rings (SSSR count). The number of ether oxygens (including phenoxy) is 1. The van der Waals surface area contributed by atoms with Crippen LogP contribution in [-0.2, 0) is 0 Å². The third-order valence-electron chi connectivity index (χ3n) is 3.82. The molecule has 0 atom stereocenters. The molecule has 19 heavy (non-hydrogen) atoms. The highest BCUT2D eigenvalue weighted by Crippen LogP contribution is 2.27. The van der Waals surface area contributed by atoms with E-state index in [1.807, 2.05) is 0 Å². The third kappa shape index (κ3) is 3.87. The van der Waals surface area contributed by atoms with Crippen LogP contribution >= 0.6 is 0 Å². The van der Waals surface area contributed by atoms with Crippen molar-refractivity contribution in [1.82, 2.24) is 0 Å². The Morgan fingerprint density at radius 1 is 1.32 bits per heavy atom. The predicted molar refractivity (Wildman–Crippen MR) is 81.0 cm³/mol. The molecule has 0 amide bonds. The Morgan fingerprint density at radius 3 is 2.68 bits per heavy atom. The SMILES string of the molecule is CCCCOc1ccc(N2CCC(N)CC2)c(C)c1. The average molecular weight is 262 g/mol. The molecule has 0 spiro atoms. The van der Waals surface area contributed by atoms with Gasteiger partial charge in [0.25, 0.3) is 0 Å². The largest absolute Gasteiger partial charge is 0.494 e. The maximum Gasteiger partial charge on any atom is 0.119 e. The first kappa shape index (κ1) is 14.2. The Labute approximate surface area is 116 Å². The van der Waals surface area contributed by atoms with Crippen LogP contribution in [0, 0.1) is 6.92 Å². The number of benzene rings is 1. The molecule has 1 aliphatic heterocycles. The Morgan fingerprint density at radius 2 is 2.05 bits per heavy atom. The molecule has 0 bridgehead atoms. The molecule has 106 valence electrons. The summed E-state index contributed by atoms with van der Waals surface area (Å²) in [5.74, 6) is 0.989. The third-order valence-corrected chi connectivity index (χ3v) is 3.82. The van der Waals surface area contributed by atoms with Crippen LogP contribution in [0.4, 0.5) is 5.69 Å². The van der Waals surface area contributed by atoms with Crippen molar-refractivity contribution in [3.05, 3.63) is 23.8 Å². The minimum atomic E-state index is 0.383. The molecule has 1 aromatic carbocycles. The van der Waals surface area contributed by atoms with E-state index in [2.05, 4.69) is 36.9 Å². The molecule has 0 unspecified atom stereocenters. The summed E-state index contributed by atoms with van der Waals surface area (Å²) in [6, 6.07) is 6.81. The zero-order valence-corrected chi connectivity index (χ0v) is 12.2. The van der Waals surface area contributed by atoms with Gasteiger partial charge in [-0.15, -0.1) is 0 Å². The number of unbranched alkanes of at least 4 members (excludes halogenated alkanes) is 1. The lowest BCUT2D eigenvalue weighted by molar-refractivity contribution is 0.309. The van der Waals surface area contributed by atoms with Crippen molar-refractivity contribution < 1.29 is 4.74 Å². The Kier molecular flexibility index (Phi) is 5.08. The smallest absolute Gasteiger partial charge is 0.119 e. The molecule has 0 aromatic heterocycles. The van der Waals surface area contributed by atoms with E-state index in [0.29, 0.717) is 6.04 Å². The van der Waals surface area contributed by atoms with Gasteiger partial charge in [-0.3, -0.25) is 0 Å². The topological polar surface area (TPSA) is 38.5 Å². The summed E-state index contributed by atoms with van der Waals surface area (Å²) in [6.07, 6.45) is 4.47. The van der Waals surface area contributed by atoms with Crippen molar-refractivity contribution in [2.24, 2.45) is 5.73 Å². The van der Waals surface area contributed by atoms with E-state index in [1.54, 1.807) is 0 Å². The van der Waals surface area contributed by atoms with Gasteiger partial charge >= 0.3 is 0 Å². The van der Waals surface area contributed by atoms with E-state index < -0.39 is 0 Å². The summed E-state index contributed by atoms with van der Waals surface area (Å²) in [6.45, 7) is 7.29. The second-order valence-electron chi connectivity index (χ2n) is 5.47. The van der Waals surface area contributed by atoms with Crippen LogP contribution in [0.25, 0.3) is 0 Å². The number of nitrogens with zero attached hydrogens (tertiary/aromatic N) is 1. The lowest BCUT2D eigenvalue weighted by atomic mass is 10.0. The van der Waals surface area contributed by atoms with Gasteiger partial charge in [-0.25, -0.2) is 0 Å². The molecular weight excluding hydrogens is 236 g/mol. The van der Waals surface area contributed by atoms with Crippen LogP contribution in [0.15, 0.2) is 18.2 Å². The zero-order chi connectivity index (χ0) is 13.7. The summed E-state index contributed by atoms with van der Waals surface area (Å²) in [5.41, 5.74) is 8.58. The van der Waals surface area contributed by atoms with Crippen molar-refractivity contribution in [1.29, 1.82) is 0 Å². The molecule has 0 aliphatic carbocycles.